The molecule has 5 nitrogen and oxygen atoms in total. The largest absolute Gasteiger partial charge is 0.481 e. The van der Waals surface area contributed by atoms with Gasteiger partial charge in [0.1, 0.15) is 0 Å². The van der Waals surface area contributed by atoms with Crippen LogP contribution < -0.4 is 0 Å². The number of hydrogen-bond acceptors (Lipinski definition) is 3. The Balaban J connectivity index is 1.92. The van der Waals surface area contributed by atoms with Crippen molar-refractivity contribution in [1.29, 1.82) is 0 Å². The molecule has 2 N–H and O–H groups in total. The summed E-state index contributed by atoms with van der Waals surface area (Å²) < 4.78 is 0. The lowest BCUT2D eigenvalue weighted by Crippen LogP contribution is -2.43. The van der Waals surface area contributed by atoms with Crippen molar-refractivity contribution < 1.29 is 19.8 Å². The van der Waals surface area contributed by atoms with Crippen molar-refractivity contribution in [3.8, 4) is 0 Å². The van der Waals surface area contributed by atoms with Gasteiger partial charge in [-0.1, -0.05) is 6.92 Å². The van der Waals surface area contributed by atoms with E-state index in [0.29, 0.717) is 31.2 Å². The van der Waals surface area contributed by atoms with E-state index in [1.54, 1.807) is 11.9 Å². The molecule has 3 atom stereocenters. The van der Waals surface area contributed by atoms with E-state index in [2.05, 4.69) is 0 Å². The van der Waals surface area contributed by atoms with Crippen molar-refractivity contribution in [2.75, 3.05) is 13.6 Å². The van der Waals surface area contributed by atoms with Crippen LogP contribution in [0.4, 0.5) is 0 Å². The molecule has 0 radical (unpaired) electrons. The second kappa shape index (κ2) is 5.49. The van der Waals surface area contributed by atoms with Gasteiger partial charge in [-0.15, -0.1) is 0 Å². The third kappa shape index (κ3) is 3.08. The van der Waals surface area contributed by atoms with Gasteiger partial charge < -0.3 is 15.1 Å². The standard InChI is InChI=1S/C14H23NO4/c1-8-3-11(12(4-8)14(18)19)13(17)15(2)7-9-5-10(16)6-9/h8-12,16H,3-7H2,1-2H3,(H,18,19). The van der Waals surface area contributed by atoms with Crippen LogP contribution in [0.5, 0.6) is 0 Å². The van der Waals surface area contributed by atoms with Gasteiger partial charge in [-0.3, -0.25) is 9.59 Å². The topological polar surface area (TPSA) is 77.8 Å². The Labute approximate surface area is 113 Å². The summed E-state index contributed by atoms with van der Waals surface area (Å²) in [6, 6.07) is 0. The molecule has 2 rings (SSSR count). The molecule has 0 aromatic heterocycles. The van der Waals surface area contributed by atoms with Crippen molar-refractivity contribution in [3.05, 3.63) is 0 Å². The van der Waals surface area contributed by atoms with Crippen LogP contribution in [-0.4, -0.2) is 46.7 Å². The number of carbonyl (C=O) groups is 2. The summed E-state index contributed by atoms with van der Waals surface area (Å²) >= 11 is 0. The van der Waals surface area contributed by atoms with Crippen molar-refractivity contribution in [2.45, 2.75) is 38.7 Å². The van der Waals surface area contributed by atoms with Crippen LogP contribution in [0, 0.1) is 23.7 Å². The Morgan fingerprint density at radius 2 is 1.74 bits per heavy atom. The third-order valence-electron chi connectivity index (χ3n) is 4.55. The zero-order valence-electron chi connectivity index (χ0n) is 11.6. The molecule has 0 aromatic rings. The first-order chi connectivity index (χ1) is 8.88. The number of amides is 1. The van der Waals surface area contributed by atoms with Gasteiger partial charge in [-0.2, -0.15) is 0 Å². The molecule has 0 heterocycles. The minimum atomic E-state index is -0.852. The minimum Gasteiger partial charge on any atom is -0.481 e. The summed E-state index contributed by atoms with van der Waals surface area (Å²) in [6.45, 7) is 2.64. The molecule has 108 valence electrons. The normalized spacial score (nSPS) is 37.7. The lowest BCUT2D eigenvalue weighted by molar-refractivity contribution is -0.149. The molecular formula is C14H23NO4. The van der Waals surface area contributed by atoms with E-state index in [1.165, 1.54) is 0 Å². The van der Waals surface area contributed by atoms with E-state index in [-0.39, 0.29) is 17.9 Å². The fourth-order valence-electron chi connectivity index (χ4n) is 3.45. The van der Waals surface area contributed by atoms with E-state index < -0.39 is 11.9 Å². The molecule has 3 unspecified atom stereocenters. The van der Waals surface area contributed by atoms with Crippen LogP contribution >= 0.6 is 0 Å². The van der Waals surface area contributed by atoms with Gasteiger partial charge in [0.2, 0.25) is 5.91 Å². The summed E-state index contributed by atoms with van der Waals surface area (Å²) in [5.41, 5.74) is 0. The number of hydrogen-bond donors (Lipinski definition) is 2. The summed E-state index contributed by atoms with van der Waals surface area (Å²) in [6.07, 6.45) is 2.56. The monoisotopic (exact) mass is 269 g/mol. The molecule has 5 heteroatoms. The third-order valence-corrected chi connectivity index (χ3v) is 4.55. The molecular weight excluding hydrogens is 246 g/mol. The first kappa shape index (κ1) is 14.3. The maximum absolute atomic E-state index is 12.4. The van der Waals surface area contributed by atoms with Crippen molar-refractivity contribution in [2.24, 2.45) is 23.7 Å². The Bertz CT molecular complexity index is 364. The second-order valence-electron chi connectivity index (χ2n) is 6.34. The predicted octanol–water partition coefficient (Wildman–Crippen LogP) is 0.963. The number of aliphatic hydroxyl groups is 1. The van der Waals surface area contributed by atoms with Crippen LogP contribution in [-0.2, 0) is 9.59 Å². The maximum Gasteiger partial charge on any atom is 0.307 e. The second-order valence-corrected chi connectivity index (χ2v) is 6.34. The molecule has 2 aliphatic rings. The van der Waals surface area contributed by atoms with Crippen molar-refractivity contribution in [1.82, 2.24) is 4.90 Å². The summed E-state index contributed by atoms with van der Waals surface area (Å²) in [7, 11) is 1.74. The van der Waals surface area contributed by atoms with Gasteiger partial charge in [-0.25, -0.2) is 0 Å². The van der Waals surface area contributed by atoms with Crippen LogP contribution in [0.2, 0.25) is 0 Å². The highest BCUT2D eigenvalue weighted by atomic mass is 16.4. The molecule has 0 saturated heterocycles. The van der Waals surface area contributed by atoms with Gasteiger partial charge in [-0.05, 0) is 37.5 Å². The van der Waals surface area contributed by atoms with Gasteiger partial charge in [0.25, 0.3) is 0 Å². The Morgan fingerprint density at radius 3 is 2.26 bits per heavy atom. The van der Waals surface area contributed by atoms with Crippen LogP contribution in [0.1, 0.15) is 32.6 Å². The van der Waals surface area contributed by atoms with Crippen molar-refractivity contribution >= 4 is 11.9 Å². The number of aliphatic hydroxyl groups excluding tert-OH is 1. The van der Waals surface area contributed by atoms with Crippen LogP contribution in [0.3, 0.4) is 0 Å². The SMILES string of the molecule is CC1CC(C(=O)O)C(C(=O)N(C)CC2CC(O)C2)C1. The first-order valence-corrected chi connectivity index (χ1v) is 7.04. The molecule has 2 saturated carbocycles. The summed E-state index contributed by atoms with van der Waals surface area (Å²) in [4.78, 5) is 25.2. The minimum absolute atomic E-state index is 0.0434. The predicted molar refractivity (Wildman–Crippen MR) is 69.4 cm³/mol. The van der Waals surface area contributed by atoms with E-state index >= 15 is 0 Å². The lowest BCUT2D eigenvalue weighted by Gasteiger charge is -2.35. The van der Waals surface area contributed by atoms with E-state index in [4.69, 9.17) is 0 Å². The fourth-order valence-corrected chi connectivity index (χ4v) is 3.45. The van der Waals surface area contributed by atoms with Crippen LogP contribution in [0.25, 0.3) is 0 Å². The number of nitrogens with zero attached hydrogens (tertiary/aromatic N) is 1. The lowest BCUT2D eigenvalue weighted by atomic mass is 9.82. The van der Waals surface area contributed by atoms with Gasteiger partial charge in [0.15, 0.2) is 0 Å². The Morgan fingerprint density at radius 1 is 1.16 bits per heavy atom. The van der Waals surface area contributed by atoms with E-state index in [1.807, 2.05) is 6.92 Å². The molecule has 19 heavy (non-hydrogen) atoms. The van der Waals surface area contributed by atoms with Gasteiger partial charge >= 0.3 is 5.97 Å². The summed E-state index contributed by atoms with van der Waals surface area (Å²) in [5, 5.41) is 18.5. The molecule has 0 bridgehead atoms. The molecule has 1 amide bonds. The number of carbonyl (C=O) groups excluding carboxylic acids is 1. The molecule has 2 fully saturated rings. The summed E-state index contributed by atoms with van der Waals surface area (Å²) in [5.74, 6) is -1.13. The smallest absolute Gasteiger partial charge is 0.307 e. The van der Waals surface area contributed by atoms with Crippen molar-refractivity contribution in [3.63, 3.8) is 0 Å². The molecule has 0 spiro atoms. The zero-order valence-corrected chi connectivity index (χ0v) is 11.6. The molecule has 0 aliphatic heterocycles. The van der Waals surface area contributed by atoms with E-state index in [9.17, 15) is 19.8 Å². The Hall–Kier alpha value is -1.10. The number of carboxylic acid groups (broad SMARTS) is 1. The molecule has 2 aliphatic carbocycles. The van der Waals surface area contributed by atoms with Gasteiger partial charge in [0.05, 0.1) is 17.9 Å². The highest BCUT2D eigenvalue weighted by Gasteiger charge is 2.42. The fraction of sp³-hybridized carbons (Fsp3) is 0.857. The number of rotatable bonds is 4. The first-order valence-electron chi connectivity index (χ1n) is 7.04. The quantitative estimate of drug-likeness (QED) is 0.797. The number of carboxylic acids is 1. The average molecular weight is 269 g/mol. The number of aliphatic carboxylic acids is 1. The highest BCUT2D eigenvalue weighted by Crippen LogP contribution is 2.38. The van der Waals surface area contributed by atoms with Crippen LogP contribution in [0.15, 0.2) is 0 Å². The average Bonchev–Trinajstić information content (AvgIpc) is 2.68. The maximum atomic E-state index is 12.4. The Kier molecular flexibility index (Phi) is 4.13. The van der Waals surface area contributed by atoms with E-state index in [0.717, 1.165) is 12.8 Å². The molecule has 0 aromatic carbocycles. The highest BCUT2D eigenvalue weighted by molar-refractivity contribution is 5.85. The zero-order chi connectivity index (χ0) is 14.2. The van der Waals surface area contributed by atoms with Gasteiger partial charge in [0, 0.05) is 13.6 Å².